The molecule has 6 heteroatoms. The van der Waals surface area contributed by atoms with Crippen molar-refractivity contribution in [1.29, 1.82) is 0 Å². The van der Waals surface area contributed by atoms with Crippen LogP contribution >= 0.6 is 27.7 Å². The van der Waals surface area contributed by atoms with E-state index in [4.69, 9.17) is 15.2 Å². The molecule has 3 nitrogen and oxygen atoms in total. The van der Waals surface area contributed by atoms with Crippen LogP contribution in [0.3, 0.4) is 0 Å². The SMILES string of the molecule is COc1cc(CSc2cc(N)cc(F)c2)c(OC)cc1Br. The Bertz CT molecular complexity index is 632. The maximum atomic E-state index is 13.3. The number of benzene rings is 2. The predicted molar refractivity (Wildman–Crippen MR) is 87.6 cm³/mol. The molecule has 2 aromatic rings. The van der Waals surface area contributed by atoms with Crippen molar-refractivity contribution in [2.24, 2.45) is 0 Å². The largest absolute Gasteiger partial charge is 0.496 e. The van der Waals surface area contributed by atoms with E-state index in [1.807, 2.05) is 12.1 Å². The molecule has 2 aromatic carbocycles. The molecule has 0 heterocycles. The highest BCUT2D eigenvalue weighted by Crippen LogP contribution is 2.36. The lowest BCUT2D eigenvalue weighted by Gasteiger charge is -2.12. The zero-order valence-electron chi connectivity index (χ0n) is 11.7. The molecule has 0 aliphatic rings. The highest BCUT2D eigenvalue weighted by atomic mass is 79.9. The van der Waals surface area contributed by atoms with Gasteiger partial charge in [0.05, 0.1) is 18.7 Å². The first-order valence-corrected chi connectivity index (χ1v) is 7.90. The summed E-state index contributed by atoms with van der Waals surface area (Å²) in [5, 5.41) is 0. The van der Waals surface area contributed by atoms with E-state index in [0.717, 1.165) is 26.4 Å². The van der Waals surface area contributed by atoms with Gasteiger partial charge in [0.2, 0.25) is 0 Å². The van der Waals surface area contributed by atoms with Gasteiger partial charge in [0.25, 0.3) is 0 Å². The number of anilines is 1. The summed E-state index contributed by atoms with van der Waals surface area (Å²) in [5.41, 5.74) is 7.02. The van der Waals surface area contributed by atoms with Gasteiger partial charge in [-0.1, -0.05) is 0 Å². The molecule has 0 aliphatic carbocycles. The maximum absolute atomic E-state index is 13.3. The van der Waals surface area contributed by atoms with Gasteiger partial charge in [-0.2, -0.15) is 0 Å². The van der Waals surface area contributed by atoms with Gasteiger partial charge >= 0.3 is 0 Å². The normalized spacial score (nSPS) is 10.5. The van der Waals surface area contributed by atoms with Gasteiger partial charge in [-0.25, -0.2) is 4.39 Å². The Balaban J connectivity index is 2.22. The van der Waals surface area contributed by atoms with Gasteiger partial charge in [-0.3, -0.25) is 0 Å². The van der Waals surface area contributed by atoms with Crippen LogP contribution in [0.2, 0.25) is 0 Å². The third-order valence-corrected chi connectivity index (χ3v) is 4.49. The lowest BCUT2D eigenvalue weighted by Crippen LogP contribution is -1.94. The number of thioether (sulfide) groups is 1. The van der Waals surface area contributed by atoms with Crippen molar-refractivity contribution in [2.75, 3.05) is 20.0 Å². The van der Waals surface area contributed by atoms with Crippen molar-refractivity contribution in [3.63, 3.8) is 0 Å². The molecule has 112 valence electrons. The van der Waals surface area contributed by atoms with E-state index in [1.54, 1.807) is 20.3 Å². The van der Waals surface area contributed by atoms with Gasteiger partial charge in [-0.15, -0.1) is 11.8 Å². The molecule has 0 fully saturated rings. The standard InChI is InChI=1S/C15H15BrFNO2S/c1-19-14-7-13(16)15(20-2)3-9(14)8-21-12-5-10(17)4-11(18)6-12/h3-7H,8,18H2,1-2H3. The Morgan fingerprint density at radius 2 is 1.81 bits per heavy atom. The van der Waals surface area contributed by atoms with Crippen molar-refractivity contribution in [3.8, 4) is 11.5 Å². The average Bonchev–Trinajstić information content (AvgIpc) is 2.44. The molecule has 0 spiro atoms. The molecule has 2 rings (SSSR count). The van der Waals surface area contributed by atoms with Crippen molar-refractivity contribution >= 4 is 33.4 Å². The Labute approximate surface area is 135 Å². The average molecular weight is 372 g/mol. The maximum Gasteiger partial charge on any atom is 0.133 e. The first-order valence-electron chi connectivity index (χ1n) is 6.12. The minimum Gasteiger partial charge on any atom is -0.496 e. The Hall–Kier alpha value is -1.40. The monoisotopic (exact) mass is 371 g/mol. The predicted octanol–water partition coefficient (Wildman–Crippen LogP) is 4.48. The van der Waals surface area contributed by atoms with Crippen molar-refractivity contribution < 1.29 is 13.9 Å². The summed E-state index contributed by atoms with van der Waals surface area (Å²) in [6, 6.07) is 8.26. The number of halogens is 2. The van der Waals surface area contributed by atoms with E-state index in [9.17, 15) is 4.39 Å². The quantitative estimate of drug-likeness (QED) is 0.621. The second-order valence-corrected chi connectivity index (χ2v) is 6.21. The second-order valence-electron chi connectivity index (χ2n) is 4.31. The van der Waals surface area contributed by atoms with Crippen LogP contribution in [-0.2, 0) is 5.75 Å². The zero-order chi connectivity index (χ0) is 15.4. The van der Waals surface area contributed by atoms with Gasteiger partial charge < -0.3 is 15.2 Å². The number of hydrogen-bond acceptors (Lipinski definition) is 4. The molecule has 2 N–H and O–H groups in total. The molecule has 0 bridgehead atoms. The minimum atomic E-state index is -0.335. The Morgan fingerprint density at radius 3 is 2.43 bits per heavy atom. The second kappa shape index (κ2) is 7.04. The molecule has 0 saturated carbocycles. The summed E-state index contributed by atoms with van der Waals surface area (Å²) in [5.74, 6) is 1.76. The van der Waals surface area contributed by atoms with Crippen LogP contribution in [0.5, 0.6) is 11.5 Å². The molecule has 0 aromatic heterocycles. The van der Waals surface area contributed by atoms with Crippen LogP contribution in [0.15, 0.2) is 39.7 Å². The van der Waals surface area contributed by atoms with E-state index in [1.165, 1.54) is 23.9 Å². The summed E-state index contributed by atoms with van der Waals surface area (Å²) in [6.07, 6.45) is 0. The Kier molecular flexibility index (Phi) is 5.36. The summed E-state index contributed by atoms with van der Waals surface area (Å²) in [7, 11) is 3.22. The van der Waals surface area contributed by atoms with Crippen LogP contribution in [0.1, 0.15) is 5.56 Å². The minimum absolute atomic E-state index is 0.335. The molecule has 0 unspecified atom stereocenters. The smallest absolute Gasteiger partial charge is 0.133 e. The van der Waals surface area contributed by atoms with E-state index >= 15 is 0 Å². The molecule has 0 radical (unpaired) electrons. The summed E-state index contributed by atoms with van der Waals surface area (Å²) < 4.78 is 24.8. The highest BCUT2D eigenvalue weighted by Gasteiger charge is 2.10. The summed E-state index contributed by atoms with van der Waals surface area (Å²) in [6.45, 7) is 0. The van der Waals surface area contributed by atoms with E-state index in [-0.39, 0.29) is 5.82 Å². The number of rotatable bonds is 5. The number of nitrogens with two attached hydrogens (primary N) is 1. The zero-order valence-corrected chi connectivity index (χ0v) is 14.1. The van der Waals surface area contributed by atoms with Gasteiger partial charge in [0, 0.05) is 21.9 Å². The van der Waals surface area contributed by atoms with Crippen LogP contribution in [0, 0.1) is 5.82 Å². The van der Waals surface area contributed by atoms with Crippen molar-refractivity contribution in [1.82, 2.24) is 0 Å². The molecule has 21 heavy (non-hydrogen) atoms. The fraction of sp³-hybridized carbons (Fsp3) is 0.200. The fourth-order valence-corrected chi connectivity index (χ4v) is 3.31. The number of ether oxygens (including phenoxy) is 2. The van der Waals surface area contributed by atoms with E-state index < -0.39 is 0 Å². The topological polar surface area (TPSA) is 44.5 Å². The number of hydrogen-bond donors (Lipinski definition) is 1. The van der Waals surface area contributed by atoms with Crippen LogP contribution in [0.4, 0.5) is 10.1 Å². The van der Waals surface area contributed by atoms with E-state index in [0.29, 0.717) is 11.4 Å². The van der Waals surface area contributed by atoms with Gasteiger partial charge in [-0.05, 0) is 46.3 Å². The van der Waals surface area contributed by atoms with E-state index in [2.05, 4.69) is 15.9 Å². The molecule has 0 amide bonds. The van der Waals surface area contributed by atoms with Crippen LogP contribution in [-0.4, -0.2) is 14.2 Å². The molecular weight excluding hydrogens is 357 g/mol. The molecular formula is C15H15BrFNO2S. The Morgan fingerprint density at radius 1 is 1.10 bits per heavy atom. The summed E-state index contributed by atoms with van der Waals surface area (Å²) >= 11 is 4.91. The van der Waals surface area contributed by atoms with Crippen molar-refractivity contribution in [3.05, 3.63) is 46.2 Å². The first kappa shape index (κ1) is 16.0. The fourth-order valence-electron chi connectivity index (χ4n) is 1.87. The van der Waals surface area contributed by atoms with Crippen molar-refractivity contribution in [2.45, 2.75) is 10.6 Å². The lowest BCUT2D eigenvalue weighted by molar-refractivity contribution is 0.398. The third-order valence-electron chi connectivity index (χ3n) is 2.84. The summed E-state index contributed by atoms with van der Waals surface area (Å²) in [4.78, 5) is 0.774. The molecule has 0 atom stereocenters. The third kappa shape index (κ3) is 4.04. The highest BCUT2D eigenvalue weighted by molar-refractivity contribution is 9.10. The molecule has 0 saturated heterocycles. The van der Waals surface area contributed by atoms with Crippen LogP contribution in [0.25, 0.3) is 0 Å². The number of nitrogen functional groups attached to an aromatic ring is 1. The van der Waals surface area contributed by atoms with Gasteiger partial charge in [0.1, 0.15) is 17.3 Å². The molecule has 0 aliphatic heterocycles. The van der Waals surface area contributed by atoms with Gasteiger partial charge in [0.15, 0.2) is 0 Å². The number of methoxy groups -OCH3 is 2. The van der Waals surface area contributed by atoms with Crippen LogP contribution < -0.4 is 15.2 Å². The first-order chi connectivity index (χ1) is 10.0. The lowest BCUT2D eigenvalue weighted by atomic mass is 10.2.